The summed E-state index contributed by atoms with van der Waals surface area (Å²) in [5.74, 6) is -0.728. The van der Waals surface area contributed by atoms with Crippen molar-refractivity contribution in [3.63, 3.8) is 0 Å². The average Bonchev–Trinajstić information content (AvgIpc) is 2.97. The fourth-order valence-corrected chi connectivity index (χ4v) is 1.81. The largest absolute Gasteiger partial charge is 0.356 e. The predicted octanol–water partition coefficient (Wildman–Crippen LogP) is 1.83. The van der Waals surface area contributed by atoms with Crippen LogP contribution < -0.4 is 10.6 Å². The van der Waals surface area contributed by atoms with Crippen molar-refractivity contribution in [1.29, 1.82) is 0 Å². The van der Waals surface area contributed by atoms with E-state index in [2.05, 4.69) is 15.6 Å². The van der Waals surface area contributed by atoms with Crippen LogP contribution in [0.15, 0.2) is 36.5 Å². The molecule has 6 nitrogen and oxygen atoms in total. The number of carbonyl (C=O) groups excluding carboxylic acids is 3. The molecule has 0 fully saturated rings. The van der Waals surface area contributed by atoms with Gasteiger partial charge in [-0.05, 0) is 31.2 Å². The molecule has 0 atom stereocenters. The molecule has 0 spiro atoms. The van der Waals surface area contributed by atoms with E-state index in [4.69, 9.17) is 0 Å². The molecule has 0 radical (unpaired) electrons. The van der Waals surface area contributed by atoms with E-state index in [1.165, 1.54) is 26.2 Å². The first-order chi connectivity index (χ1) is 10.0. The van der Waals surface area contributed by atoms with Crippen molar-refractivity contribution in [1.82, 2.24) is 10.3 Å². The third-order valence-electron chi connectivity index (χ3n) is 2.94. The van der Waals surface area contributed by atoms with Gasteiger partial charge in [0.05, 0.1) is 0 Å². The van der Waals surface area contributed by atoms with Crippen LogP contribution in [0.3, 0.4) is 0 Å². The zero-order chi connectivity index (χ0) is 15.4. The number of carbonyl (C=O) groups is 3. The molecule has 0 saturated carbocycles. The topological polar surface area (TPSA) is 91.1 Å². The van der Waals surface area contributed by atoms with Crippen LogP contribution in [-0.4, -0.2) is 29.6 Å². The number of hydrogen-bond donors (Lipinski definition) is 3. The molecule has 3 N–H and O–H groups in total. The second kappa shape index (κ2) is 6.04. The summed E-state index contributed by atoms with van der Waals surface area (Å²) in [6, 6.07) is 8.07. The minimum Gasteiger partial charge on any atom is -0.356 e. The van der Waals surface area contributed by atoms with Crippen molar-refractivity contribution in [3.05, 3.63) is 53.3 Å². The minimum absolute atomic E-state index is 0.119. The summed E-state index contributed by atoms with van der Waals surface area (Å²) in [6.45, 7) is 1.43. The quantitative estimate of drug-likeness (QED) is 0.748. The third-order valence-corrected chi connectivity index (χ3v) is 2.94. The lowest BCUT2D eigenvalue weighted by molar-refractivity contribution is 0.0960. The second-order valence-electron chi connectivity index (χ2n) is 4.47. The van der Waals surface area contributed by atoms with E-state index in [-0.39, 0.29) is 23.3 Å². The van der Waals surface area contributed by atoms with Gasteiger partial charge in [0.25, 0.3) is 11.8 Å². The van der Waals surface area contributed by atoms with Gasteiger partial charge in [0.15, 0.2) is 5.78 Å². The highest BCUT2D eigenvalue weighted by Crippen LogP contribution is 2.13. The minimum atomic E-state index is -0.378. The molecule has 0 aliphatic rings. The van der Waals surface area contributed by atoms with E-state index in [1.54, 1.807) is 24.3 Å². The number of hydrogen-bond acceptors (Lipinski definition) is 3. The molecule has 0 saturated heterocycles. The highest BCUT2D eigenvalue weighted by atomic mass is 16.2. The molecule has 1 aromatic heterocycles. The van der Waals surface area contributed by atoms with Crippen LogP contribution in [0.1, 0.15) is 38.1 Å². The van der Waals surface area contributed by atoms with Gasteiger partial charge in [-0.15, -0.1) is 0 Å². The molecule has 6 heteroatoms. The lowest BCUT2D eigenvalue weighted by Crippen LogP contribution is -2.18. The van der Waals surface area contributed by atoms with Gasteiger partial charge >= 0.3 is 0 Å². The molecule has 0 unspecified atom stereocenters. The molecule has 2 amide bonds. The summed E-state index contributed by atoms with van der Waals surface area (Å²) in [5, 5.41) is 5.18. The lowest BCUT2D eigenvalue weighted by atomic mass is 10.2. The number of aromatic nitrogens is 1. The average molecular weight is 285 g/mol. The Balaban J connectivity index is 2.15. The summed E-state index contributed by atoms with van der Waals surface area (Å²) in [5.41, 5.74) is 1.68. The van der Waals surface area contributed by atoms with Gasteiger partial charge in [0, 0.05) is 30.1 Å². The summed E-state index contributed by atoms with van der Waals surface area (Å²) < 4.78 is 0. The molecule has 0 aliphatic heterocycles. The normalized spacial score (nSPS) is 10.0. The monoisotopic (exact) mass is 285 g/mol. The zero-order valence-corrected chi connectivity index (χ0v) is 11.7. The van der Waals surface area contributed by atoms with E-state index < -0.39 is 0 Å². The maximum Gasteiger partial charge on any atom is 0.272 e. The number of nitrogens with one attached hydrogen (secondary N) is 3. The Kier molecular flexibility index (Phi) is 4.18. The highest BCUT2D eigenvalue weighted by Gasteiger charge is 2.11. The molecule has 0 bridgehead atoms. The van der Waals surface area contributed by atoms with Crippen LogP contribution in [0.25, 0.3) is 0 Å². The van der Waals surface area contributed by atoms with E-state index >= 15 is 0 Å². The standard InChI is InChI=1S/C15H15N3O3/c1-9(19)11-7-13(17-8-11)15(21)18-12-5-3-4-10(6-12)14(20)16-2/h3-8,17H,1-2H3,(H,16,20)(H,18,21). The fraction of sp³-hybridized carbons (Fsp3) is 0.133. The second-order valence-corrected chi connectivity index (χ2v) is 4.47. The van der Waals surface area contributed by atoms with Crippen LogP contribution >= 0.6 is 0 Å². The van der Waals surface area contributed by atoms with Crippen molar-refractivity contribution >= 4 is 23.3 Å². The van der Waals surface area contributed by atoms with Crippen molar-refractivity contribution in [2.45, 2.75) is 6.92 Å². The number of anilines is 1. The number of aromatic amines is 1. The van der Waals surface area contributed by atoms with Crippen LogP contribution in [0.5, 0.6) is 0 Å². The molecule has 1 heterocycles. The van der Waals surface area contributed by atoms with Crippen molar-refractivity contribution < 1.29 is 14.4 Å². The summed E-state index contributed by atoms with van der Waals surface area (Å²) >= 11 is 0. The number of H-pyrrole nitrogens is 1. The smallest absolute Gasteiger partial charge is 0.272 e. The molecule has 21 heavy (non-hydrogen) atoms. The lowest BCUT2D eigenvalue weighted by Gasteiger charge is -2.06. The fourth-order valence-electron chi connectivity index (χ4n) is 1.81. The van der Waals surface area contributed by atoms with Gasteiger partial charge < -0.3 is 15.6 Å². The Hall–Kier alpha value is -2.89. The molecule has 108 valence electrons. The first-order valence-corrected chi connectivity index (χ1v) is 6.34. The van der Waals surface area contributed by atoms with E-state index in [0.717, 1.165) is 0 Å². The number of benzene rings is 1. The molecule has 1 aromatic carbocycles. The third kappa shape index (κ3) is 3.36. The molecule has 0 aliphatic carbocycles. The predicted molar refractivity (Wildman–Crippen MR) is 78.6 cm³/mol. The summed E-state index contributed by atoms with van der Waals surface area (Å²) in [6.07, 6.45) is 1.48. The Morgan fingerprint density at radius 2 is 1.81 bits per heavy atom. The molecular weight excluding hydrogens is 270 g/mol. The molecular formula is C15H15N3O3. The van der Waals surface area contributed by atoms with Crippen LogP contribution in [0.2, 0.25) is 0 Å². The van der Waals surface area contributed by atoms with Gasteiger partial charge in [-0.25, -0.2) is 0 Å². The SMILES string of the molecule is CNC(=O)c1cccc(NC(=O)c2cc(C(C)=O)c[nH]2)c1. The number of ketones is 1. The van der Waals surface area contributed by atoms with Crippen molar-refractivity contribution in [2.75, 3.05) is 12.4 Å². The van der Waals surface area contributed by atoms with E-state index in [1.807, 2.05) is 0 Å². The highest BCUT2D eigenvalue weighted by molar-refractivity contribution is 6.06. The van der Waals surface area contributed by atoms with Gasteiger partial charge in [-0.2, -0.15) is 0 Å². The van der Waals surface area contributed by atoms with E-state index in [9.17, 15) is 14.4 Å². The first kappa shape index (κ1) is 14.5. The Bertz CT molecular complexity index is 704. The maximum atomic E-state index is 12.0. The Labute approximate surface area is 121 Å². The van der Waals surface area contributed by atoms with Gasteiger partial charge in [0.2, 0.25) is 0 Å². The Morgan fingerprint density at radius 3 is 2.43 bits per heavy atom. The molecule has 2 rings (SSSR count). The summed E-state index contributed by atoms with van der Waals surface area (Å²) in [7, 11) is 1.54. The van der Waals surface area contributed by atoms with Gasteiger partial charge in [-0.1, -0.05) is 6.07 Å². The molecule has 2 aromatic rings. The van der Waals surface area contributed by atoms with E-state index in [0.29, 0.717) is 16.8 Å². The van der Waals surface area contributed by atoms with Gasteiger partial charge in [0.1, 0.15) is 5.69 Å². The van der Waals surface area contributed by atoms with Gasteiger partial charge in [-0.3, -0.25) is 14.4 Å². The zero-order valence-electron chi connectivity index (χ0n) is 11.7. The van der Waals surface area contributed by atoms with Crippen molar-refractivity contribution in [2.24, 2.45) is 0 Å². The first-order valence-electron chi connectivity index (χ1n) is 6.34. The number of Topliss-reactive ketones (excluding diaryl/α,β-unsaturated/α-hetero) is 1. The summed E-state index contributed by atoms with van der Waals surface area (Å²) in [4.78, 5) is 37.5. The number of amides is 2. The van der Waals surface area contributed by atoms with Crippen LogP contribution in [0.4, 0.5) is 5.69 Å². The number of rotatable bonds is 4. The maximum absolute atomic E-state index is 12.0. The van der Waals surface area contributed by atoms with Crippen LogP contribution in [-0.2, 0) is 0 Å². The van der Waals surface area contributed by atoms with Crippen molar-refractivity contribution in [3.8, 4) is 0 Å². The van der Waals surface area contributed by atoms with Crippen LogP contribution in [0, 0.1) is 0 Å². The Morgan fingerprint density at radius 1 is 1.05 bits per heavy atom.